The van der Waals surface area contributed by atoms with E-state index in [2.05, 4.69) is 5.32 Å². The molecule has 0 bridgehead atoms. The maximum atomic E-state index is 11.6. The molecular weight excluding hydrogens is 276 g/mol. The number of hydrogen-bond acceptors (Lipinski definition) is 3. The van der Waals surface area contributed by atoms with Gasteiger partial charge in [0.2, 0.25) is 15.9 Å². The zero-order chi connectivity index (χ0) is 14.3. The topological polar surface area (TPSA) is 89.3 Å². The predicted molar refractivity (Wildman–Crippen MR) is 75.6 cm³/mol. The van der Waals surface area contributed by atoms with Crippen LogP contribution in [0.4, 0.5) is 5.69 Å². The van der Waals surface area contributed by atoms with Crippen LogP contribution in [-0.2, 0) is 21.2 Å². The summed E-state index contributed by atoms with van der Waals surface area (Å²) in [7, 11) is -3.79. The monoisotopic (exact) mass is 288 g/mol. The third kappa shape index (κ3) is 2.19. The molecule has 0 saturated carbocycles. The molecule has 20 heavy (non-hydrogen) atoms. The lowest BCUT2D eigenvalue weighted by atomic mass is 10.0. The molecule has 1 aliphatic rings. The highest BCUT2D eigenvalue weighted by molar-refractivity contribution is 7.89. The van der Waals surface area contributed by atoms with E-state index in [1.807, 2.05) is 6.07 Å². The minimum absolute atomic E-state index is 0.0584. The molecule has 3 rings (SSSR count). The summed E-state index contributed by atoms with van der Waals surface area (Å²) >= 11 is 0. The van der Waals surface area contributed by atoms with Gasteiger partial charge in [0.25, 0.3) is 0 Å². The first-order chi connectivity index (χ1) is 9.45. The molecule has 2 aromatic rings. The minimum atomic E-state index is -3.79. The number of hydrogen-bond donors (Lipinski definition) is 2. The number of sulfonamides is 1. The Morgan fingerprint density at radius 3 is 2.60 bits per heavy atom. The van der Waals surface area contributed by atoms with Gasteiger partial charge < -0.3 is 5.32 Å². The fraction of sp³-hybridized carbons (Fsp3) is 0.0714. The maximum absolute atomic E-state index is 11.6. The van der Waals surface area contributed by atoms with Gasteiger partial charge >= 0.3 is 0 Å². The molecule has 6 heteroatoms. The Morgan fingerprint density at radius 1 is 1.10 bits per heavy atom. The van der Waals surface area contributed by atoms with E-state index in [1.54, 1.807) is 30.3 Å². The number of carbonyl (C=O) groups is 1. The van der Waals surface area contributed by atoms with Gasteiger partial charge in [-0.2, -0.15) is 0 Å². The van der Waals surface area contributed by atoms with Crippen molar-refractivity contribution in [3.8, 4) is 11.1 Å². The van der Waals surface area contributed by atoms with Gasteiger partial charge in [-0.15, -0.1) is 0 Å². The van der Waals surface area contributed by atoms with Crippen LogP contribution in [0, 0.1) is 0 Å². The molecule has 2 aromatic carbocycles. The molecule has 0 aromatic heterocycles. The first-order valence-electron chi connectivity index (χ1n) is 6.00. The number of carbonyl (C=O) groups excluding carboxylic acids is 1. The predicted octanol–water partition coefficient (Wildman–Crippen LogP) is 1.50. The van der Waals surface area contributed by atoms with E-state index in [0.717, 1.165) is 11.3 Å². The Kier molecular flexibility index (Phi) is 2.84. The largest absolute Gasteiger partial charge is 0.326 e. The van der Waals surface area contributed by atoms with Gasteiger partial charge in [-0.1, -0.05) is 30.3 Å². The quantitative estimate of drug-likeness (QED) is 0.877. The molecule has 1 amide bonds. The zero-order valence-corrected chi connectivity index (χ0v) is 11.3. The molecule has 0 fully saturated rings. The first kappa shape index (κ1) is 12.8. The number of benzene rings is 2. The second-order valence-electron chi connectivity index (χ2n) is 4.64. The number of amides is 1. The van der Waals surface area contributed by atoms with Gasteiger partial charge in [0, 0.05) is 11.3 Å². The standard InChI is InChI=1S/C14H12N2O3S/c15-20(18,19)13-4-2-1-3-11(13)9-5-6-10-8-14(17)16-12(10)7-9/h1-7H,8H2,(H,16,17)(H2,15,18,19). The molecule has 0 atom stereocenters. The zero-order valence-electron chi connectivity index (χ0n) is 10.5. The average molecular weight is 288 g/mol. The second kappa shape index (κ2) is 4.43. The molecule has 0 spiro atoms. The van der Waals surface area contributed by atoms with Crippen LogP contribution in [0.3, 0.4) is 0 Å². The molecule has 0 saturated heterocycles. The Balaban J connectivity index is 2.16. The summed E-state index contributed by atoms with van der Waals surface area (Å²) < 4.78 is 23.2. The number of nitrogens with two attached hydrogens (primary N) is 1. The highest BCUT2D eigenvalue weighted by atomic mass is 32.2. The number of primary sulfonamides is 1. The van der Waals surface area contributed by atoms with Crippen molar-refractivity contribution in [2.45, 2.75) is 11.3 Å². The fourth-order valence-electron chi connectivity index (χ4n) is 2.34. The highest BCUT2D eigenvalue weighted by Gasteiger charge is 2.20. The van der Waals surface area contributed by atoms with E-state index < -0.39 is 10.0 Å². The number of fused-ring (bicyclic) bond motifs is 1. The Labute approximate surface area is 116 Å². The first-order valence-corrected chi connectivity index (χ1v) is 7.55. The molecule has 0 radical (unpaired) electrons. The third-order valence-corrected chi connectivity index (χ3v) is 4.21. The van der Waals surface area contributed by atoms with Crippen LogP contribution >= 0.6 is 0 Å². The van der Waals surface area contributed by atoms with Crippen molar-refractivity contribution in [1.29, 1.82) is 0 Å². The van der Waals surface area contributed by atoms with Crippen molar-refractivity contribution in [2.75, 3.05) is 5.32 Å². The van der Waals surface area contributed by atoms with Gasteiger partial charge in [0.15, 0.2) is 0 Å². The Hall–Kier alpha value is -2.18. The molecule has 1 heterocycles. The van der Waals surface area contributed by atoms with Gasteiger partial charge in [0.1, 0.15) is 0 Å². The van der Waals surface area contributed by atoms with Crippen LogP contribution in [0.25, 0.3) is 11.1 Å². The molecule has 1 aliphatic heterocycles. The van der Waals surface area contributed by atoms with Crippen LogP contribution in [0.1, 0.15) is 5.56 Å². The fourth-order valence-corrected chi connectivity index (χ4v) is 3.10. The lowest BCUT2D eigenvalue weighted by molar-refractivity contribution is -0.115. The average Bonchev–Trinajstić information content (AvgIpc) is 2.76. The molecule has 5 nitrogen and oxygen atoms in total. The lowest BCUT2D eigenvalue weighted by Crippen LogP contribution is -2.13. The van der Waals surface area contributed by atoms with Crippen molar-refractivity contribution in [3.05, 3.63) is 48.0 Å². The summed E-state index contributed by atoms with van der Waals surface area (Å²) in [4.78, 5) is 11.4. The van der Waals surface area contributed by atoms with Crippen molar-refractivity contribution in [1.82, 2.24) is 0 Å². The van der Waals surface area contributed by atoms with Crippen LogP contribution in [-0.4, -0.2) is 14.3 Å². The van der Waals surface area contributed by atoms with Crippen LogP contribution in [0.5, 0.6) is 0 Å². The second-order valence-corrected chi connectivity index (χ2v) is 6.17. The van der Waals surface area contributed by atoms with Gasteiger partial charge in [0.05, 0.1) is 11.3 Å². The Morgan fingerprint density at radius 2 is 1.85 bits per heavy atom. The van der Waals surface area contributed by atoms with E-state index in [4.69, 9.17) is 5.14 Å². The maximum Gasteiger partial charge on any atom is 0.238 e. The molecule has 102 valence electrons. The van der Waals surface area contributed by atoms with Gasteiger partial charge in [-0.25, -0.2) is 13.6 Å². The highest BCUT2D eigenvalue weighted by Crippen LogP contribution is 2.32. The summed E-state index contributed by atoms with van der Waals surface area (Å²) in [6, 6.07) is 11.9. The summed E-state index contributed by atoms with van der Waals surface area (Å²) in [5.74, 6) is -0.0584. The smallest absolute Gasteiger partial charge is 0.238 e. The SMILES string of the molecule is NS(=O)(=O)c1ccccc1-c1ccc2c(c1)NC(=O)C2. The summed E-state index contributed by atoms with van der Waals surface area (Å²) in [6.45, 7) is 0. The number of nitrogens with one attached hydrogen (secondary N) is 1. The van der Waals surface area contributed by atoms with Crippen molar-refractivity contribution in [2.24, 2.45) is 5.14 Å². The van der Waals surface area contributed by atoms with Gasteiger partial charge in [-0.3, -0.25) is 4.79 Å². The van der Waals surface area contributed by atoms with E-state index in [-0.39, 0.29) is 10.8 Å². The summed E-state index contributed by atoms with van der Waals surface area (Å²) in [5, 5.41) is 7.98. The van der Waals surface area contributed by atoms with E-state index in [9.17, 15) is 13.2 Å². The van der Waals surface area contributed by atoms with Crippen molar-refractivity contribution < 1.29 is 13.2 Å². The number of rotatable bonds is 2. The molecule has 3 N–H and O–H groups in total. The van der Waals surface area contributed by atoms with Crippen LogP contribution in [0.2, 0.25) is 0 Å². The number of anilines is 1. The molecule has 0 unspecified atom stereocenters. The molecule has 0 aliphatic carbocycles. The minimum Gasteiger partial charge on any atom is -0.326 e. The van der Waals surface area contributed by atoms with Crippen LogP contribution < -0.4 is 10.5 Å². The Bertz CT molecular complexity index is 813. The van der Waals surface area contributed by atoms with Crippen LogP contribution in [0.15, 0.2) is 47.4 Å². The lowest BCUT2D eigenvalue weighted by Gasteiger charge is -2.09. The van der Waals surface area contributed by atoms with Crippen molar-refractivity contribution in [3.63, 3.8) is 0 Å². The van der Waals surface area contributed by atoms with Gasteiger partial charge in [-0.05, 0) is 23.3 Å². The normalized spacial score (nSPS) is 13.9. The van der Waals surface area contributed by atoms with E-state index in [0.29, 0.717) is 17.5 Å². The molecular formula is C14H12N2O3S. The van der Waals surface area contributed by atoms with E-state index >= 15 is 0 Å². The summed E-state index contributed by atoms with van der Waals surface area (Å²) in [5.41, 5.74) is 2.86. The van der Waals surface area contributed by atoms with E-state index in [1.165, 1.54) is 6.07 Å². The third-order valence-electron chi connectivity index (χ3n) is 3.24. The van der Waals surface area contributed by atoms with Crippen molar-refractivity contribution >= 4 is 21.6 Å². The summed E-state index contributed by atoms with van der Waals surface area (Å²) in [6.07, 6.45) is 0.354.